The second kappa shape index (κ2) is 6.53. The van der Waals surface area contributed by atoms with E-state index < -0.39 is 5.60 Å². The second-order valence-electron chi connectivity index (χ2n) is 4.78. The van der Waals surface area contributed by atoms with Crippen molar-refractivity contribution >= 4 is 16.5 Å². The van der Waals surface area contributed by atoms with Gasteiger partial charge in [-0.25, -0.2) is 0 Å². The molecule has 0 aliphatic heterocycles. The fourth-order valence-corrected chi connectivity index (χ4v) is 3.15. The smallest absolute Gasteiger partial charge is 0.262 e. The van der Waals surface area contributed by atoms with Crippen molar-refractivity contribution in [3.63, 3.8) is 0 Å². The summed E-state index contributed by atoms with van der Waals surface area (Å²) in [6.45, 7) is 8.68. The van der Waals surface area contributed by atoms with Crippen molar-refractivity contribution < 1.29 is 9.26 Å². The van der Waals surface area contributed by atoms with Crippen LogP contribution in [0.25, 0.3) is 11.5 Å². The Bertz CT molecular complexity index is 590. The van der Waals surface area contributed by atoms with Crippen LogP contribution in [0.1, 0.15) is 45.1 Å². The molecule has 2 rings (SSSR count). The van der Waals surface area contributed by atoms with E-state index in [2.05, 4.69) is 33.7 Å². The highest BCUT2D eigenvalue weighted by Crippen LogP contribution is 2.36. The van der Waals surface area contributed by atoms with E-state index in [-0.39, 0.29) is 0 Å². The van der Waals surface area contributed by atoms with E-state index in [0.717, 1.165) is 29.1 Å². The minimum Gasteiger partial charge on any atom is -0.378 e. The standard InChI is InChI=1S/C14H22N4O2S/c1-6-14(7-2,19-8-3)13-16-11(20-17-13)10-9(4)18-21-12(10)15-5/h15H,6-8H2,1-5H3. The van der Waals surface area contributed by atoms with E-state index in [1.54, 1.807) is 0 Å². The lowest BCUT2D eigenvalue weighted by molar-refractivity contribution is -0.0583. The molecule has 0 saturated heterocycles. The van der Waals surface area contributed by atoms with Crippen molar-refractivity contribution in [1.29, 1.82) is 0 Å². The van der Waals surface area contributed by atoms with E-state index in [1.165, 1.54) is 11.5 Å². The average molecular weight is 310 g/mol. The third-order valence-corrected chi connectivity index (χ3v) is 4.66. The molecule has 2 aromatic rings. The molecule has 0 bridgehead atoms. The number of rotatable bonds is 7. The monoisotopic (exact) mass is 310 g/mol. The molecule has 0 aromatic carbocycles. The minimum atomic E-state index is -0.479. The number of hydrogen-bond acceptors (Lipinski definition) is 7. The maximum absolute atomic E-state index is 5.92. The molecule has 0 radical (unpaired) electrons. The first-order chi connectivity index (χ1) is 10.1. The predicted octanol–water partition coefficient (Wildman–Crippen LogP) is 3.60. The highest BCUT2D eigenvalue weighted by atomic mass is 32.1. The number of nitrogens with one attached hydrogen (secondary N) is 1. The van der Waals surface area contributed by atoms with Gasteiger partial charge in [0.1, 0.15) is 10.6 Å². The lowest BCUT2D eigenvalue weighted by Gasteiger charge is -2.27. The summed E-state index contributed by atoms with van der Waals surface area (Å²) in [6.07, 6.45) is 1.60. The summed E-state index contributed by atoms with van der Waals surface area (Å²) in [5.41, 5.74) is 1.28. The number of ether oxygens (including phenoxy) is 1. The van der Waals surface area contributed by atoms with Crippen LogP contribution in [-0.2, 0) is 10.3 Å². The van der Waals surface area contributed by atoms with Crippen LogP contribution in [0.5, 0.6) is 0 Å². The first kappa shape index (κ1) is 15.9. The van der Waals surface area contributed by atoms with Crippen molar-refractivity contribution in [3.8, 4) is 11.5 Å². The molecule has 21 heavy (non-hydrogen) atoms. The molecule has 0 aliphatic rings. The fraction of sp³-hybridized carbons (Fsp3) is 0.643. The zero-order chi connectivity index (χ0) is 15.5. The lowest BCUT2D eigenvalue weighted by Crippen LogP contribution is -2.29. The van der Waals surface area contributed by atoms with Gasteiger partial charge in [-0.05, 0) is 38.2 Å². The highest BCUT2D eigenvalue weighted by molar-refractivity contribution is 7.10. The van der Waals surface area contributed by atoms with Gasteiger partial charge < -0.3 is 14.6 Å². The molecule has 0 unspecified atom stereocenters. The quantitative estimate of drug-likeness (QED) is 0.842. The number of anilines is 1. The van der Waals surface area contributed by atoms with Crippen molar-refractivity contribution in [2.24, 2.45) is 0 Å². The molecule has 0 atom stereocenters. The summed E-state index contributed by atoms with van der Waals surface area (Å²) >= 11 is 1.39. The third kappa shape index (κ3) is 2.80. The van der Waals surface area contributed by atoms with Gasteiger partial charge in [0.25, 0.3) is 5.89 Å². The van der Waals surface area contributed by atoms with Gasteiger partial charge in [0.05, 0.1) is 11.3 Å². The Kier molecular flexibility index (Phi) is 4.95. The van der Waals surface area contributed by atoms with E-state index in [0.29, 0.717) is 18.3 Å². The van der Waals surface area contributed by atoms with Gasteiger partial charge >= 0.3 is 0 Å². The van der Waals surface area contributed by atoms with Crippen LogP contribution < -0.4 is 5.32 Å². The zero-order valence-corrected chi connectivity index (χ0v) is 14.0. The van der Waals surface area contributed by atoms with Gasteiger partial charge in [0, 0.05) is 13.7 Å². The van der Waals surface area contributed by atoms with Gasteiger partial charge in [0.15, 0.2) is 0 Å². The Hall–Kier alpha value is -1.47. The number of aryl methyl sites for hydroxylation is 1. The topological polar surface area (TPSA) is 73.1 Å². The molecule has 0 aliphatic carbocycles. The van der Waals surface area contributed by atoms with Crippen molar-refractivity contribution in [3.05, 3.63) is 11.5 Å². The fourth-order valence-electron chi connectivity index (χ4n) is 2.41. The molecule has 2 heterocycles. The van der Waals surface area contributed by atoms with Crippen LogP contribution in [0.4, 0.5) is 5.00 Å². The Labute approximate surface area is 129 Å². The van der Waals surface area contributed by atoms with E-state index in [4.69, 9.17) is 9.26 Å². The Morgan fingerprint density at radius 2 is 2.00 bits per heavy atom. The average Bonchev–Trinajstić information content (AvgIpc) is 3.11. The van der Waals surface area contributed by atoms with Crippen LogP contribution in [0.15, 0.2) is 4.52 Å². The Morgan fingerprint density at radius 1 is 1.29 bits per heavy atom. The van der Waals surface area contributed by atoms with Gasteiger partial charge in [-0.1, -0.05) is 19.0 Å². The van der Waals surface area contributed by atoms with Crippen molar-refractivity contribution in [2.75, 3.05) is 19.0 Å². The number of nitrogens with zero attached hydrogens (tertiary/aromatic N) is 3. The van der Waals surface area contributed by atoms with Crippen LogP contribution in [-0.4, -0.2) is 28.2 Å². The summed E-state index contributed by atoms with van der Waals surface area (Å²) in [4.78, 5) is 4.58. The van der Waals surface area contributed by atoms with Crippen molar-refractivity contribution in [1.82, 2.24) is 14.5 Å². The summed E-state index contributed by atoms with van der Waals surface area (Å²) in [7, 11) is 1.86. The van der Waals surface area contributed by atoms with Crippen LogP contribution in [0.2, 0.25) is 0 Å². The first-order valence-electron chi connectivity index (χ1n) is 7.24. The second-order valence-corrected chi connectivity index (χ2v) is 5.55. The molecular weight excluding hydrogens is 288 g/mol. The van der Waals surface area contributed by atoms with Gasteiger partial charge in [-0.3, -0.25) is 0 Å². The summed E-state index contributed by atoms with van der Waals surface area (Å²) in [6, 6.07) is 0. The largest absolute Gasteiger partial charge is 0.378 e. The highest BCUT2D eigenvalue weighted by Gasteiger charge is 2.35. The summed E-state index contributed by atoms with van der Waals surface area (Å²) < 4.78 is 15.7. The summed E-state index contributed by atoms with van der Waals surface area (Å²) in [5.74, 6) is 1.10. The molecule has 2 aromatic heterocycles. The van der Waals surface area contributed by atoms with Gasteiger partial charge in [-0.2, -0.15) is 9.36 Å². The Morgan fingerprint density at radius 3 is 2.57 bits per heavy atom. The van der Waals surface area contributed by atoms with Crippen molar-refractivity contribution in [2.45, 2.75) is 46.1 Å². The molecule has 1 N–H and O–H groups in total. The van der Waals surface area contributed by atoms with E-state index >= 15 is 0 Å². The summed E-state index contributed by atoms with van der Waals surface area (Å²) in [5, 5.41) is 8.20. The number of hydrogen-bond donors (Lipinski definition) is 1. The van der Waals surface area contributed by atoms with Crippen LogP contribution in [0, 0.1) is 6.92 Å². The maximum Gasteiger partial charge on any atom is 0.262 e. The minimum absolute atomic E-state index is 0.479. The maximum atomic E-state index is 5.92. The third-order valence-electron chi connectivity index (χ3n) is 3.70. The molecule has 0 fully saturated rings. The first-order valence-corrected chi connectivity index (χ1v) is 8.01. The van der Waals surface area contributed by atoms with E-state index in [1.807, 2.05) is 20.9 Å². The van der Waals surface area contributed by atoms with Gasteiger partial charge in [0.2, 0.25) is 5.82 Å². The molecule has 6 nitrogen and oxygen atoms in total. The van der Waals surface area contributed by atoms with Crippen LogP contribution >= 0.6 is 11.5 Å². The molecular formula is C14H22N4O2S. The SMILES string of the molecule is CCOC(CC)(CC)c1noc(-c2c(C)nsc2NC)n1. The predicted molar refractivity (Wildman–Crippen MR) is 83.6 cm³/mol. The number of aromatic nitrogens is 3. The zero-order valence-electron chi connectivity index (χ0n) is 13.2. The molecule has 116 valence electrons. The van der Waals surface area contributed by atoms with Gasteiger partial charge in [-0.15, -0.1) is 0 Å². The van der Waals surface area contributed by atoms with E-state index in [9.17, 15) is 0 Å². The molecule has 0 spiro atoms. The molecule has 7 heteroatoms. The van der Waals surface area contributed by atoms with Crippen LogP contribution in [0.3, 0.4) is 0 Å². The normalized spacial score (nSPS) is 11.9. The molecule has 0 amide bonds. The Balaban J connectivity index is 2.43. The molecule has 0 saturated carbocycles. The lowest BCUT2D eigenvalue weighted by atomic mass is 9.96.